The summed E-state index contributed by atoms with van der Waals surface area (Å²) in [5.74, 6) is 1.43. The largest absolute Gasteiger partial charge is 0.493 e. The number of hydrogen-bond acceptors (Lipinski definition) is 5. The minimum atomic E-state index is -0.539. The Kier molecular flexibility index (Phi) is 5.89. The van der Waals surface area contributed by atoms with Crippen LogP contribution in [0.3, 0.4) is 0 Å². The van der Waals surface area contributed by atoms with Crippen molar-refractivity contribution >= 4 is 11.8 Å². The van der Waals surface area contributed by atoms with Crippen LogP contribution in [0.25, 0.3) is 0 Å². The summed E-state index contributed by atoms with van der Waals surface area (Å²) in [6.45, 7) is 2.11. The molecule has 2 saturated heterocycles. The third-order valence-corrected chi connectivity index (χ3v) is 7.43. The minimum absolute atomic E-state index is 0.0885. The van der Waals surface area contributed by atoms with Gasteiger partial charge in [-0.3, -0.25) is 9.59 Å². The first-order valence-corrected chi connectivity index (χ1v) is 11.7. The predicted molar refractivity (Wildman–Crippen MR) is 114 cm³/mol. The monoisotopic (exact) mass is 428 g/mol. The van der Waals surface area contributed by atoms with Gasteiger partial charge in [-0.1, -0.05) is 18.2 Å². The zero-order valence-electron chi connectivity index (χ0n) is 18.0. The van der Waals surface area contributed by atoms with Crippen molar-refractivity contribution < 1.29 is 23.8 Å². The summed E-state index contributed by atoms with van der Waals surface area (Å²) in [5.41, 5.74) is 0.742. The zero-order chi connectivity index (χ0) is 21.3. The second kappa shape index (κ2) is 8.79. The van der Waals surface area contributed by atoms with Gasteiger partial charge in [-0.2, -0.15) is 0 Å². The molecule has 1 N–H and O–H groups in total. The molecule has 0 aromatic heterocycles. The normalized spacial score (nSPS) is 34.3. The Morgan fingerprint density at radius 1 is 1.10 bits per heavy atom. The number of morpholine rings is 1. The summed E-state index contributed by atoms with van der Waals surface area (Å²) >= 11 is 0. The van der Waals surface area contributed by atoms with Crippen LogP contribution in [0, 0.1) is 0 Å². The van der Waals surface area contributed by atoms with Crippen LogP contribution >= 0.6 is 0 Å². The van der Waals surface area contributed by atoms with Crippen molar-refractivity contribution in [2.45, 2.75) is 68.5 Å². The van der Waals surface area contributed by atoms with Crippen LogP contribution in [-0.2, 0) is 19.1 Å². The highest BCUT2D eigenvalue weighted by atomic mass is 16.5. The zero-order valence-corrected chi connectivity index (χ0v) is 18.0. The maximum absolute atomic E-state index is 13.1. The average Bonchev–Trinajstić information content (AvgIpc) is 3.12. The van der Waals surface area contributed by atoms with E-state index in [1.807, 2.05) is 17.0 Å². The van der Waals surface area contributed by atoms with E-state index in [0.717, 1.165) is 31.4 Å². The average molecular weight is 429 g/mol. The molecule has 2 bridgehead atoms. The maximum atomic E-state index is 13.1. The fourth-order valence-electron chi connectivity index (χ4n) is 5.74. The number of nitrogens with zero attached hydrogens (tertiary/aromatic N) is 1. The van der Waals surface area contributed by atoms with E-state index in [2.05, 4.69) is 17.4 Å². The van der Waals surface area contributed by atoms with Gasteiger partial charge in [-0.25, -0.2) is 0 Å². The molecular formula is C24H32N2O5. The summed E-state index contributed by atoms with van der Waals surface area (Å²) in [4.78, 5) is 27.1. The van der Waals surface area contributed by atoms with E-state index in [1.165, 1.54) is 5.56 Å². The highest BCUT2D eigenvalue weighted by molar-refractivity contribution is 5.80. The Bertz CT molecular complexity index is 822. The van der Waals surface area contributed by atoms with Crippen LogP contribution in [0.15, 0.2) is 24.3 Å². The summed E-state index contributed by atoms with van der Waals surface area (Å²) in [6, 6.07) is 8.13. The SMILES string of the molecule is O=C1COC[C@@]2(CCN3C(=O)CCCOc4ccccc4C4CCC(CC4)OC[C@H]32)N1. The van der Waals surface area contributed by atoms with E-state index < -0.39 is 5.54 Å². The molecule has 1 spiro atoms. The molecule has 0 radical (unpaired) electrons. The van der Waals surface area contributed by atoms with Crippen molar-refractivity contribution in [2.24, 2.45) is 0 Å². The van der Waals surface area contributed by atoms with Gasteiger partial charge in [0, 0.05) is 13.0 Å². The number of hydrogen-bond donors (Lipinski definition) is 1. The molecule has 3 fully saturated rings. The molecule has 6 rings (SSSR count). The first-order chi connectivity index (χ1) is 15.1. The number of carbonyl (C=O) groups is 2. The minimum Gasteiger partial charge on any atom is -0.493 e. The van der Waals surface area contributed by atoms with E-state index in [1.54, 1.807) is 0 Å². The van der Waals surface area contributed by atoms with Crippen LogP contribution in [0.4, 0.5) is 0 Å². The fourth-order valence-corrected chi connectivity index (χ4v) is 5.74. The van der Waals surface area contributed by atoms with E-state index in [-0.39, 0.29) is 30.6 Å². The molecule has 7 heteroatoms. The standard InChI is InChI=1S/C24H32N2O5/c27-22-15-29-16-24(25-22)11-12-26-21(24)14-31-18-9-7-17(8-10-18)19-4-1-2-5-20(19)30-13-3-6-23(26)28/h1-2,4-5,17-18,21H,3,6-16H2,(H,25,27)/t17?,18?,21-,24+/m0/s1. The molecule has 1 saturated carbocycles. The van der Waals surface area contributed by atoms with Crippen LogP contribution in [-0.4, -0.2) is 67.4 Å². The van der Waals surface area contributed by atoms with Gasteiger partial charge in [0.2, 0.25) is 11.8 Å². The molecule has 2 atom stereocenters. The van der Waals surface area contributed by atoms with Crippen LogP contribution < -0.4 is 10.1 Å². The number of amides is 2. The number of nitrogens with one attached hydrogen (secondary N) is 1. The summed E-state index contributed by atoms with van der Waals surface area (Å²) in [5, 5.41) is 3.15. The van der Waals surface area contributed by atoms with Gasteiger partial charge in [0.15, 0.2) is 0 Å². The highest BCUT2D eigenvalue weighted by Gasteiger charge is 2.52. The lowest BCUT2D eigenvalue weighted by Crippen LogP contribution is -2.65. The lowest BCUT2D eigenvalue weighted by molar-refractivity contribution is -0.143. The van der Waals surface area contributed by atoms with Gasteiger partial charge in [0.1, 0.15) is 12.4 Å². The van der Waals surface area contributed by atoms with E-state index >= 15 is 0 Å². The second-order valence-corrected chi connectivity index (χ2v) is 9.35. The first kappa shape index (κ1) is 20.8. The summed E-state index contributed by atoms with van der Waals surface area (Å²) < 4.78 is 18.1. The van der Waals surface area contributed by atoms with Gasteiger partial charge >= 0.3 is 0 Å². The summed E-state index contributed by atoms with van der Waals surface area (Å²) in [7, 11) is 0. The van der Waals surface area contributed by atoms with Crippen molar-refractivity contribution in [3.8, 4) is 5.75 Å². The van der Waals surface area contributed by atoms with Crippen LogP contribution in [0.1, 0.15) is 56.4 Å². The molecule has 31 heavy (non-hydrogen) atoms. The topological polar surface area (TPSA) is 77.1 Å². The van der Waals surface area contributed by atoms with E-state index in [9.17, 15) is 9.59 Å². The van der Waals surface area contributed by atoms with Gasteiger partial charge in [-0.15, -0.1) is 0 Å². The lowest BCUT2D eigenvalue weighted by Gasteiger charge is -2.41. The van der Waals surface area contributed by atoms with Gasteiger partial charge in [0.05, 0.1) is 37.5 Å². The number of para-hydroxylation sites is 1. The lowest BCUT2D eigenvalue weighted by atomic mass is 9.82. The van der Waals surface area contributed by atoms with Crippen molar-refractivity contribution in [1.82, 2.24) is 10.2 Å². The number of rotatable bonds is 0. The van der Waals surface area contributed by atoms with Crippen molar-refractivity contribution in [1.29, 1.82) is 0 Å². The maximum Gasteiger partial charge on any atom is 0.246 e. The van der Waals surface area contributed by atoms with E-state index in [4.69, 9.17) is 14.2 Å². The Hall–Kier alpha value is -2.12. The highest BCUT2D eigenvalue weighted by Crippen LogP contribution is 2.39. The fraction of sp³-hybridized carbons (Fsp3) is 0.667. The number of carbonyl (C=O) groups excluding carboxylic acids is 2. The quantitative estimate of drug-likeness (QED) is 0.687. The Balaban J connectivity index is 1.37. The molecule has 5 aliphatic rings. The molecule has 0 unspecified atom stereocenters. The number of fused-ring (bicyclic) bond motifs is 7. The molecular weight excluding hydrogens is 396 g/mol. The molecule has 1 aromatic rings. The second-order valence-electron chi connectivity index (χ2n) is 9.35. The van der Waals surface area contributed by atoms with Gasteiger partial charge < -0.3 is 24.4 Å². The van der Waals surface area contributed by atoms with E-state index in [0.29, 0.717) is 51.5 Å². The van der Waals surface area contributed by atoms with Crippen molar-refractivity contribution in [2.75, 3.05) is 33.0 Å². The smallest absolute Gasteiger partial charge is 0.246 e. The molecule has 1 aromatic carbocycles. The molecule has 7 nitrogen and oxygen atoms in total. The van der Waals surface area contributed by atoms with Crippen LogP contribution in [0.5, 0.6) is 5.75 Å². The Labute approximate surface area is 183 Å². The molecule has 4 aliphatic heterocycles. The Morgan fingerprint density at radius 2 is 1.94 bits per heavy atom. The third-order valence-electron chi connectivity index (χ3n) is 7.43. The Morgan fingerprint density at radius 3 is 2.77 bits per heavy atom. The predicted octanol–water partition coefficient (Wildman–Crippen LogP) is 2.39. The van der Waals surface area contributed by atoms with Gasteiger partial charge in [0.25, 0.3) is 0 Å². The molecule has 168 valence electrons. The molecule has 1 aliphatic carbocycles. The molecule has 2 amide bonds. The third kappa shape index (κ3) is 4.17. The van der Waals surface area contributed by atoms with Gasteiger partial charge in [-0.05, 0) is 56.1 Å². The van der Waals surface area contributed by atoms with Crippen molar-refractivity contribution in [3.05, 3.63) is 29.8 Å². The summed E-state index contributed by atoms with van der Waals surface area (Å²) in [6.07, 6.45) is 6.12. The first-order valence-electron chi connectivity index (χ1n) is 11.7. The number of ether oxygens (including phenoxy) is 3. The van der Waals surface area contributed by atoms with Crippen molar-refractivity contribution in [3.63, 3.8) is 0 Å². The molecule has 4 heterocycles. The number of benzene rings is 1. The van der Waals surface area contributed by atoms with Crippen LogP contribution in [0.2, 0.25) is 0 Å².